The van der Waals surface area contributed by atoms with E-state index < -0.39 is 0 Å². The first-order chi connectivity index (χ1) is 8.56. The Morgan fingerprint density at radius 3 is 2.67 bits per heavy atom. The number of benzene rings is 1. The number of nitrogens with zero attached hydrogens (tertiary/aromatic N) is 1. The van der Waals surface area contributed by atoms with E-state index in [-0.39, 0.29) is 5.91 Å². The van der Waals surface area contributed by atoms with Gasteiger partial charge in [0.25, 0.3) is 5.91 Å². The molecule has 0 radical (unpaired) electrons. The van der Waals surface area contributed by atoms with Crippen molar-refractivity contribution in [3.63, 3.8) is 0 Å². The molecule has 18 heavy (non-hydrogen) atoms. The lowest BCUT2D eigenvalue weighted by molar-refractivity contribution is 0.102. The van der Waals surface area contributed by atoms with Gasteiger partial charge in [-0.15, -0.1) is 0 Å². The van der Waals surface area contributed by atoms with Crippen LogP contribution in [0, 0.1) is 13.8 Å². The van der Waals surface area contributed by atoms with Crippen molar-refractivity contribution >= 4 is 23.2 Å². The summed E-state index contributed by atoms with van der Waals surface area (Å²) < 4.78 is 0. The van der Waals surface area contributed by atoms with Crippen molar-refractivity contribution in [1.29, 1.82) is 0 Å². The highest BCUT2D eigenvalue weighted by Gasteiger charge is 2.09. The number of aromatic nitrogens is 1. The minimum Gasteiger partial charge on any atom is -0.320 e. The molecule has 0 aliphatic carbocycles. The highest BCUT2D eigenvalue weighted by molar-refractivity contribution is 6.30. The first kappa shape index (κ1) is 12.6. The van der Waals surface area contributed by atoms with E-state index in [1.165, 1.54) is 6.20 Å². The zero-order chi connectivity index (χ0) is 13.1. The van der Waals surface area contributed by atoms with Gasteiger partial charge < -0.3 is 5.32 Å². The lowest BCUT2D eigenvalue weighted by atomic mass is 10.1. The van der Waals surface area contributed by atoms with Crippen molar-refractivity contribution < 1.29 is 4.79 Å². The molecule has 1 N–H and O–H groups in total. The van der Waals surface area contributed by atoms with Gasteiger partial charge in [0, 0.05) is 16.9 Å². The quantitative estimate of drug-likeness (QED) is 0.896. The third kappa shape index (κ3) is 2.87. The van der Waals surface area contributed by atoms with Crippen molar-refractivity contribution in [1.82, 2.24) is 4.98 Å². The van der Waals surface area contributed by atoms with Crippen molar-refractivity contribution in [2.45, 2.75) is 13.8 Å². The van der Waals surface area contributed by atoms with Gasteiger partial charge in [-0.25, -0.2) is 0 Å². The molecule has 0 saturated carbocycles. The number of hydrogen-bond donors (Lipinski definition) is 1. The van der Waals surface area contributed by atoms with Crippen LogP contribution in [0.5, 0.6) is 0 Å². The molecule has 0 fully saturated rings. The molecular formula is C14H13ClN2O. The molecule has 0 spiro atoms. The number of rotatable bonds is 2. The monoisotopic (exact) mass is 260 g/mol. The molecule has 1 aromatic carbocycles. The van der Waals surface area contributed by atoms with Crippen LogP contribution in [0.25, 0.3) is 0 Å². The summed E-state index contributed by atoms with van der Waals surface area (Å²) in [5.74, 6) is -0.260. The van der Waals surface area contributed by atoms with Crippen molar-refractivity contribution in [2.75, 3.05) is 5.32 Å². The Hall–Kier alpha value is -1.87. The maximum absolute atomic E-state index is 12.0. The molecule has 4 heteroatoms. The fraction of sp³-hybridized carbons (Fsp3) is 0.143. The number of carbonyl (C=O) groups is 1. The molecule has 3 nitrogen and oxygen atoms in total. The minimum absolute atomic E-state index is 0.260. The third-order valence-corrected chi connectivity index (χ3v) is 2.82. The van der Waals surface area contributed by atoms with Crippen LogP contribution in [0.2, 0.25) is 5.02 Å². The van der Waals surface area contributed by atoms with Crippen molar-refractivity contribution in [3.05, 3.63) is 58.4 Å². The number of hydrogen-bond acceptors (Lipinski definition) is 2. The smallest absolute Gasteiger partial charge is 0.274 e. The number of halogens is 1. The second-order valence-electron chi connectivity index (χ2n) is 4.13. The van der Waals surface area contributed by atoms with Gasteiger partial charge >= 0.3 is 0 Å². The molecule has 0 saturated heterocycles. The second kappa shape index (κ2) is 5.19. The minimum atomic E-state index is -0.260. The summed E-state index contributed by atoms with van der Waals surface area (Å²) >= 11 is 5.82. The molecule has 2 rings (SSSR count). The third-order valence-electron chi connectivity index (χ3n) is 2.58. The van der Waals surface area contributed by atoms with E-state index in [1.54, 1.807) is 12.1 Å². The Morgan fingerprint density at radius 1 is 1.22 bits per heavy atom. The van der Waals surface area contributed by atoms with E-state index in [2.05, 4.69) is 10.3 Å². The summed E-state index contributed by atoms with van der Waals surface area (Å²) in [6.45, 7) is 3.96. The summed E-state index contributed by atoms with van der Waals surface area (Å²) in [5.41, 5.74) is 3.27. The molecule has 0 aliphatic heterocycles. The van der Waals surface area contributed by atoms with E-state index in [4.69, 9.17) is 11.6 Å². The Balaban J connectivity index is 2.21. The van der Waals surface area contributed by atoms with Gasteiger partial charge in [-0.05, 0) is 37.6 Å². The fourth-order valence-electron chi connectivity index (χ4n) is 1.67. The average Bonchev–Trinajstić information content (AvgIpc) is 2.32. The molecular weight excluding hydrogens is 248 g/mol. The molecule has 0 bridgehead atoms. The van der Waals surface area contributed by atoms with Crippen LogP contribution in [-0.4, -0.2) is 10.9 Å². The zero-order valence-corrected chi connectivity index (χ0v) is 11.0. The number of pyridine rings is 1. The first-order valence-electron chi connectivity index (χ1n) is 5.56. The molecule has 1 aromatic heterocycles. The van der Waals surface area contributed by atoms with Crippen LogP contribution in [0.1, 0.15) is 21.6 Å². The SMILES string of the molecule is Cc1ccc(NC(=O)c2cc(Cl)ccn2)c(C)c1. The zero-order valence-electron chi connectivity index (χ0n) is 10.2. The number of anilines is 1. The Bertz CT molecular complexity index is 596. The molecule has 92 valence electrons. The molecule has 2 aromatic rings. The second-order valence-corrected chi connectivity index (χ2v) is 4.57. The van der Waals surface area contributed by atoms with Crippen LogP contribution in [0.15, 0.2) is 36.5 Å². The fourth-order valence-corrected chi connectivity index (χ4v) is 1.83. The van der Waals surface area contributed by atoms with Crippen LogP contribution in [0.3, 0.4) is 0 Å². The molecule has 1 heterocycles. The maximum atomic E-state index is 12.0. The van der Waals surface area contributed by atoms with Gasteiger partial charge in [-0.3, -0.25) is 9.78 Å². The number of nitrogens with one attached hydrogen (secondary N) is 1. The number of aryl methyl sites for hydroxylation is 2. The van der Waals surface area contributed by atoms with Crippen molar-refractivity contribution in [2.24, 2.45) is 0 Å². The van der Waals surface area contributed by atoms with Crippen LogP contribution in [-0.2, 0) is 0 Å². The van der Waals surface area contributed by atoms with Crippen molar-refractivity contribution in [3.8, 4) is 0 Å². The normalized spacial score (nSPS) is 10.2. The van der Waals surface area contributed by atoms with E-state index >= 15 is 0 Å². The first-order valence-corrected chi connectivity index (χ1v) is 5.94. The highest BCUT2D eigenvalue weighted by atomic mass is 35.5. The maximum Gasteiger partial charge on any atom is 0.274 e. The average molecular weight is 261 g/mol. The Morgan fingerprint density at radius 2 is 2.00 bits per heavy atom. The highest BCUT2D eigenvalue weighted by Crippen LogP contribution is 2.17. The van der Waals surface area contributed by atoms with Crippen LogP contribution < -0.4 is 5.32 Å². The molecule has 1 amide bonds. The lowest BCUT2D eigenvalue weighted by Gasteiger charge is -2.08. The molecule has 0 atom stereocenters. The standard InChI is InChI=1S/C14H13ClN2O/c1-9-3-4-12(10(2)7-9)17-14(18)13-8-11(15)5-6-16-13/h3-8H,1-2H3,(H,17,18). The summed E-state index contributed by atoms with van der Waals surface area (Å²) in [4.78, 5) is 16.0. The lowest BCUT2D eigenvalue weighted by Crippen LogP contribution is -2.14. The predicted octanol–water partition coefficient (Wildman–Crippen LogP) is 3.60. The van der Waals surface area contributed by atoms with E-state index in [9.17, 15) is 4.79 Å². The van der Waals surface area contributed by atoms with Crippen LogP contribution in [0.4, 0.5) is 5.69 Å². The van der Waals surface area contributed by atoms with Gasteiger partial charge in [0.2, 0.25) is 0 Å². The van der Waals surface area contributed by atoms with Gasteiger partial charge in [0.15, 0.2) is 0 Å². The summed E-state index contributed by atoms with van der Waals surface area (Å²) in [6, 6.07) is 9.03. The van der Waals surface area contributed by atoms with E-state index in [0.717, 1.165) is 16.8 Å². The van der Waals surface area contributed by atoms with Gasteiger partial charge in [0.05, 0.1) is 0 Å². The number of carbonyl (C=O) groups excluding carboxylic acids is 1. The van der Waals surface area contributed by atoms with E-state index in [0.29, 0.717) is 10.7 Å². The molecule has 0 unspecified atom stereocenters. The molecule has 0 aliphatic rings. The summed E-state index contributed by atoms with van der Waals surface area (Å²) in [5, 5.41) is 3.32. The summed E-state index contributed by atoms with van der Waals surface area (Å²) in [7, 11) is 0. The van der Waals surface area contributed by atoms with Crippen LogP contribution >= 0.6 is 11.6 Å². The Kier molecular flexibility index (Phi) is 3.63. The van der Waals surface area contributed by atoms with Gasteiger partial charge in [0.1, 0.15) is 5.69 Å². The summed E-state index contributed by atoms with van der Waals surface area (Å²) in [6.07, 6.45) is 1.51. The largest absolute Gasteiger partial charge is 0.320 e. The number of amides is 1. The van der Waals surface area contributed by atoms with Gasteiger partial charge in [-0.2, -0.15) is 0 Å². The van der Waals surface area contributed by atoms with Gasteiger partial charge in [-0.1, -0.05) is 29.3 Å². The van der Waals surface area contributed by atoms with E-state index in [1.807, 2.05) is 32.0 Å². The topological polar surface area (TPSA) is 42.0 Å². The predicted molar refractivity (Wildman–Crippen MR) is 73.1 cm³/mol. The Labute approximate surface area is 111 Å².